The Labute approximate surface area is 293 Å². The van der Waals surface area contributed by atoms with Crippen molar-refractivity contribution in [1.82, 2.24) is 5.32 Å². The molecule has 0 aliphatic heterocycles. The first-order valence-electron chi connectivity index (χ1n) is 16.1. The zero-order chi connectivity index (χ0) is 36.7. The largest absolute Gasteiger partial charge is 0.491 e. The van der Waals surface area contributed by atoms with Crippen molar-refractivity contribution in [3.8, 4) is 17.1 Å². The van der Waals surface area contributed by atoms with Crippen LogP contribution in [-0.2, 0) is 29.1 Å². The van der Waals surface area contributed by atoms with Crippen LogP contribution in [0.25, 0.3) is 22.3 Å². The van der Waals surface area contributed by atoms with E-state index in [1.54, 1.807) is 18.2 Å². The van der Waals surface area contributed by atoms with Crippen molar-refractivity contribution >= 4 is 50.1 Å². The molecular formula is C36H37FN2O11S. The molecule has 1 aliphatic rings. The van der Waals surface area contributed by atoms with Crippen LogP contribution in [-0.4, -0.2) is 89.8 Å². The van der Waals surface area contributed by atoms with E-state index in [0.29, 0.717) is 28.0 Å². The highest BCUT2D eigenvalue weighted by molar-refractivity contribution is 7.92. The number of ether oxygens (including phenoxy) is 3. The second kappa shape index (κ2) is 16.3. The minimum Gasteiger partial charge on any atom is -0.491 e. The molecule has 1 aliphatic carbocycles. The first kappa shape index (κ1) is 37.1. The number of carbonyl (C=O) groups excluding carboxylic acids is 3. The van der Waals surface area contributed by atoms with Crippen LogP contribution in [0.2, 0.25) is 0 Å². The fourth-order valence-corrected chi connectivity index (χ4v) is 6.40. The molecule has 0 unspecified atom stereocenters. The predicted molar refractivity (Wildman–Crippen MR) is 184 cm³/mol. The van der Waals surface area contributed by atoms with E-state index in [-0.39, 0.29) is 68.3 Å². The summed E-state index contributed by atoms with van der Waals surface area (Å²) in [5.41, 5.74) is 2.45. The molecule has 0 bridgehead atoms. The first-order chi connectivity index (χ1) is 24.4. The Bertz CT molecular complexity index is 2040. The Morgan fingerprint density at radius 1 is 0.961 bits per heavy atom. The number of amides is 1. The maximum atomic E-state index is 13.7. The quantitative estimate of drug-likeness (QED) is 0.0599. The highest BCUT2D eigenvalue weighted by Crippen LogP contribution is 2.48. The Kier molecular flexibility index (Phi) is 11.8. The Balaban J connectivity index is 1.18. The van der Waals surface area contributed by atoms with E-state index in [1.807, 2.05) is 6.07 Å². The lowest BCUT2D eigenvalue weighted by Crippen LogP contribution is -2.34. The average Bonchev–Trinajstić information content (AvgIpc) is 3.88. The molecule has 1 amide bonds. The van der Waals surface area contributed by atoms with Crippen LogP contribution >= 0.6 is 0 Å². The van der Waals surface area contributed by atoms with E-state index in [0.717, 1.165) is 24.7 Å². The second-order valence-electron chi connectivity index (χ2n) is 11.8. The van der Waals surface area contributed by atoms with Gasteiger partial charge in [-0.2, -0.15) is 0 Å². The lowest BCUT2D eigenvalue weighted by molar-refractivity contribution is -0.148. The highest BCUT2D eigenvalue weighted by Gasteiger charge is 2.33. The normalized spacial score (nSPS) is 12.8. The van der Waals surface area contributed by atoms with Crippen LogP contribution in [0, 0.1) is 5.82 Å². The number of nitrogens with one attached hydrogen (secondary N) is 1. The number of hydrogen-bond donors (Lipinski definition) is 2. The SMILES string of the molecule is CNC(=O)c1c(-c2ccc(F)cc2)oc2cc(N(CCOCCOCCOc3cccc(C(=O)CC(=O)C(=O)O)c3)S(C)(=O)=O)c(C3CC3)cc12. The number of nitrogens with zero attached hydrogens (tertiary/aromatic N) is 1. The van der Waals surface area contributed by atoms with Gasteiger partial charge in [0.05, 0.1) is 56.9 Å². The monoisotopic (exact) mass is 724 g/mol. The standard InChI is InChI=1S/C36H37FN2O11S/c1-38-35(42)33-28-19-27(22-6-7-22)29(20-32(28)50-34(33)23-8-10-25(37)11-9-23)39(51(2,45)46)12-13-47-14-15-48-16-17-49-26-5-3-4-24(18-26)30(40)21-31(41)36(43)44/h3-5,8-11,18-20,22H,6-7,12-17,21H2,1-2H3,(H,38,42)(H,43,44). The van der Waals surface area contributed by atoms with E-state index < -0.39 is 39.8 Å². The van der Waals surface area contributed by atoms with Gasteiger partial charge in [-0.05, 0) is 66.8 Å². The number of ketones is 2. The van der Waals surface area contributed by atoms with Crippen LogP contribution < -0.4 is 14.4 Å². The minimum absolute atomic E-state index is 0.00806. The molecule has 2 N–H and O–H groups in total. The van der Waals surface area contributed by atoms with Gasteiger partial charge in [-0.3, -0.25) is 18.7 Å². The van der Waals surface area contributed by atoms with E-state index in [9.17, 15) is 32.0 Å². The van der Waals surface area contributed by atoms with E-state index in [1.165, 1.54) is 47.8 Å². The number of anilines is 1. The molecule has 1 saturated carbocycles. The van der Waals surface area contributed by atoms with Crippen LogP contribution in [0.4, 0.5) is 10.1 Å². The van der Waals surface area contributed by atoms with Crippen molar-refractivity contribution in [2.75, 3.05) is 57.2 Å². The Morgan fingerprint density at radius 2 is 1.65 bits per heavy atom. The topological polar surface area (TPSA) is 179 Å². The number of Topliss-reactive ketones (excluding diaryl/α,β-unsaturated/α-hetero) is 2. The summed E-state index contributed by atoms with van der Waals surface area (Å²) < 4.78 is 64.0. The van der Waals surface area contributed by atoms with Crippen molar-refractivity contribution in [3.63, 3.8) is 0 Å². The molecule has 15 heteroatoms. The highest BCUT2D eigenvalue weighted by atomic mass is 32.2. The van der Waals surface area contributed by atoms with Gasteiger partial charge in [0.15, 0.2) is 5.78 Å². The summed E-state index contributed by atoms with van der Waals surface area (Å²) >= 11 is 0. The van der Waals surface area contributed by atoms with E-state index in [4.69, 9.17) is 23.7 Å². The van der Waals surface area contributed by atoms with Gasteiger partial charge in [0.25, 0.3) is 5.91 Å². The van der Waals surface area contributed by atoms with Gasteiger partial charge in [0, 0.05) is 29.6 Å². The molecule has 0 atom stereocenters. The van der Waals surface area contributed by atoms with Gasteiger partial charge >= 0.3 is 5.97 Å². The maximum Gasteiger partial charge on any atom is 0.372 e. The third-order valence-electron chi connectivity index (χ3n) is 8.11. The first-order valence-corrected chi connectivity index (χ1v) is 18.0. The van der Waals surface area contributed by atoms with Crippen LogP contribution in [0.1, 0.15) is 51.5 Å². The lowest BCUT2D eigenvalue weighted by Gasteiger charge is -2.25. The molecule has 270 valence electrons. The number of rotatable bonds is 19. The van der Waals surface area contributed by atoms with Gasteiger partial charge in [-0.1, -0.05) is 12.1 Å². The van der Waals surface area contributed by atoms with Crippen LogP contribution in [0.5, 0.6) is 5.75 Å². The fraction of sp³-hybridized carbons (Fsp3) is 0.333. The summed E-state index contributed by atoms with van der Waals surface area (Å²) in [4.78, 5) is 47.2. The molecule has 0 radical (unpaired) electrons. The molecule has 1 fully saturated rings. The zero-order valence-electron chi connectivity index (χ0n) is 28.0. The molecule has 4 aromatic rings. The second-order valence-corrected chi connectivity index (χ2v) is 13.7. The van der Waals surface area contributed by atoms with Gasteiger partial charge in [-0.25, -0.2) is 17.6 Å². The van der Waals surface area contributed by atoms with Crippen molar-refractivity contribution in [1.29, 1.82) is 0 Å². The molecule has 5 rings (SSSR count). The fourth-order valence-electron chi connectivity index (χ4n) is 5.48. The minimum atomic E-state index is -3.77. The number of furan rings is 1. The van der Waals surface area contributed by atoms with E-state index >= 15 is 0 Å². The summed E-state index contributed by atoms with van der Waals surface area (Å²) in [5.74, 6) is -3.62. The number of sulfonamides is 1. The molecular weight excluding hydrogens is 687 g/mol. The molecule has 0 saturated heterocycles. The number of carboxylic acids is 1. The van der Waals surface area contributed by atoms with Crippen LogP contribution in [0.3, 0.4) is 0 Å². The molecule has 1 aromatic heterocycles. The van der Waals surface area contributed by atoms with Gasteiger partial charge in [-0.15, -0.1) is 0 Å². The number of halogens is 1. The molecule has 1 heterocycles. The van der Waals surface area contributed by atoms with Crippen molar-refractivity contribution in [3.05, 3.63) is 83.2 Å². The summed E-state index contributed by atoms with van der Waals surface area (Å²) in [6, 6.07) is 15.0. The Morgan fingerprint density at radius 3 is 2.29 bits per heavy atom. The molecule has 13 nitrogen and oxygen atoms in total. The Hall–Kier alpha value is -5.12. The number of aliphatic carboxylic acids is 1. The summed E-state index contributed by atoms with van der Waals surface area (Å²) in [6.45, 7) is 0.745. The van der Waals surface area contributed by atoms with Crippen molar-refractivity contribution < 1.29 is 55.7 Å². The average molecular weight is 725 g/mol. The van der Waals surface area contributed by atoms with Gasteiger partial charge in [0.1, 0.15) is 29.5 Å². The van der Waals surface area contributed by atoms with Crippen molar-refractivity contribution in [2.45, 2.75) is 25.2 Å². The smallest absolute Gasteiger partial charge is 0.372 e. The van der Waals surface area contributed by atoms with E-state index in [2.05, 4.69) is 5.32 Å². The lowest BCUT2D eigenvalue weighted by atomic mass is 10.0. The number of benzene rings is 3. The third-order valence-corrected chi connectivity index (χ3v) is 9.29. The number of carbonyl (C=O) groups is 4. The molecule has 0 spiro atoms. The summed E-state index contributed by atoms with van der Waals surface area (Å²) in [5, 5.41) is 11.9. The number of carboxylic acid groups (broad SMARTS) is 1. The zero-order valence-corrected chi connectivity index (χ0v) is 28.8. The third kappa shape index (κ3) is 9.36. The summed E-state index contributed by atoms with van der Waals surface area (Å²) in [7, 11) is -2.27. The molecule has 51 heavy (non-hydrogen) atoms. The van der Waals surface area contributed by atoms with Gasteiger partial charge in [0.2, 0.25) is 15.8 Å². The van der Waals surface area contributed by atoms with Crippen LogP contribution in [0.15, 0.2) is 65.1 Å². The maximum absolute atomic E-state index is 13.7. The number of hydrogen-bond acceptors (Lipinski definition) is 10. The molecule has 3 aromatic carbocycles. The van der Waals surface area contributed by atoms with Gasteiger partial charge < -0.3 is 29.1 Å². The summed E-state index contributed by atoms with van der Waals surface area (Å²) in [6.07, 6.45) is 2.09. The predicted octanol–water partition coefficient (Wildman–Crippen LogP) is 4.58. The number of fused-ring (bicyclic) bond motifs is 1. The van der Waals surface area contributed by atoms with Crippen molar-refractivity contribution in [2.24, 2.45) is 0 Å².